The van der Waals surface area contributed by atoms with Gasteiger partial charge in [-0.1, -0.05) is 37.3 Å². The van der Waals surface area contributed by atoms with Gasteiger partial charge in [-0.05, 0) is 37.8 Å². The van der Waals surface area contributed by atoms with Crippen LogP contribution in [0.3, 0.4) is 0 Å². The van der Waals surface area contributed by atoms with Crippen molar-refractivity contribution in [2.75, 3.05) is 0 Å². The molecule has 0 bridgehead atoms. The highest BCUT2D eigenvalue weighted by molar-refractivity contribution is 5.22. The molecule has 3 nitrogen and oxygen atoms in total. The Kier molecular flexibility index (Phi) is 4.96. The Morgan fingerprint density at radius 3 is 2.40 bits per heavy atom. The minimum Gasteiger partial charge on any atom is -0.327 e. The van der Waals surface area contributed by atoms with E-state index in [1.807, 2.05) is 16.9 Å². The van der Waals surface area contributed by atoms with Gasteiger partial charge < -0.3 is 5.73 Å². The summed E-state index contributed by atoms with van der Waals surface area (Å²) < 4.78 is 1.99. The minimum absolute atomic E-state index is 0.109. The Labute approximate surface area is 121 Å². The number of nitrogens with zero attached hydrogens (tertiary/aromatic N) is 2. The molecule has 108 valence electrons. The van der Waals surface area contributed by atoms with Crippen LogP contribution in [0.5, 0.6) is 0 Å². The highest BCUT2D eigenvalue weighted by Crippen LogP contribution is 2.24. The first kappa shape index (κ1) is 14.8. The molecule has 2 unspecified atom stereocenters. The normalized spacial score (nSPS) is 14.4. The molecule has 0 radical (unpaired) electrons. The average Bonchev–Trinajstić information content (AvgIpc) is 2.89. The van der Waals surface area contributed by atoms with Gasteiger partial charge in [0.15, 0.2) is 0 Å². The molecule has 2 N–H and O–H groups in total. The van der Waals surface area contributed by atoms with Gasteiger partial charge in [0.05, 0.1) is 5.69 Å². The van der Waals surface area contributed by atoms with Crippen LogP contribution in [0.25, 0.3) is 0 Å². The average molecular weight is 271 g/mol. The van der Waals surface area contributed by atoms with Crippen LogP contribution in [0, 0.1) is 0 Å². The molecule has 1 aromatic heterocycles. The summed E-state index contributed by atoms with van der Waals surface area (Å²) in [6.07, 6.45) is 3.92. The Hall–Kier alpha value is -1.61. The quantitative estimate of drug-likeness (QED) is 0.873. The molecular formula is C17H25N3. The van der Waals surface area contributed by atoms with Crippen molar-refractivity contribution in [3.05, 3.63) is 53.9 Å². The summed E-state index contributed by atoms with van der Waals surface area (Å²) in [6, 6.07) is 13.1. The van der Waals surface area contributed by atoms with Gasteiger partial charge in [-0.3, -0.25) is 4.68 Å². The third-order valence-corrected chi connectivity index (χ3v) is 3.82. The van der Waals surface area contributed by atoms with Crippen molar-refractivity contribution in [1.29, 1.82) is 0 Å². The first-order valence-electron chi connectivity index (χ1n) is 7.46. The molecule has 2 rings (SSSR count). The van der Waals surface area contributed by atoms with Crippen LogP contribution in [-0.4, -0.2) is 15.8 Å². The molecule has 0 amide bonds. The van der Waals surface area contributed by atoms with Gasteiger partial charge in [0, 0.05) is 24.7 Å². The van der Waals surface area contributed by atoms with Crippen molar-refractivity contribution in [2.45, 2.75) is 51.6 Å². The second-order valence-electron chi connectivity index (χ2n) is 5.67. The highest BCUT2D eigenvalue weighted by atomic mass is 15.3. The monoisotopic (exact) mass is 271 g/mol. The molecule has 20 heavy (non-hydrogen) atoms. The molecule has 1 aromatic carbocycles. The lowest BCUT2D eigenvalue weighted by molar-refractivity contribution is 0.492. The molecule has 0 aliphatic carbocycles. The van der Waals surface area contributed by atoms with Crippen molar-refractivity contribution < 1.29 is 0 Å². The van der Waals surface area contributed by atoms with Crippen molar-refractivity contribution in [3.63, 3.8) is 0 Å². The number of aromatic nitrogens is 2. The third-order valence-electron chi connectivity index (χ3n) is 3.82. The number of nitrogens with two attached hydrogens (primary N) is 1. The minimum atomic E-state index is 0.109. The molecule has 3 heteroatoms. The van der Waals surface area contributed by atoms with E-state index in [0.29, 0.717) is 12.0 Å². The SMILES string of the molecule is CCC(c1ccccc1)C(N)Cc1ccn(C(C)C)n1. The lowest BCUT2D eigenvalue weighted by Gasteiger charge is -2.22. The lowest BCUT2D eigenvalue weighted by atomic mass is 9.87. The molecule has 0 saturated heterocycles. The van der Waals surface area contributed by atoms with Crippen molar-refractivity contribution in [3.8, 4) is 0 Å². The molecule has 0 aliphatic rings. The standard InChI is InChI=1S/C17H25N3/c1-4-16(14-8-6-5-7-9-14)17(18)12-15-10-11-20(19-15)13(2)3/h5-11,13,16-17H,4,12,18H2,1-3H3. The second kappa shape index (κ2) is 6.71. The Balaban J connectivity index is 2.07. The first-order valence-corrected chi connectivity index (χ1v) is 7.46. The van der Waals surface area contributed by atoms with Crippen LogP contribution >= 0.6 is 0 Å². The zero-order valence-electron chi connectivity index (χ0n) is 12.7. The summed E-state index contributed by atoms with van der Waals surface area (Å²) in [5, 5.41) is 4.60. The van der Waals surface area contributed by atoms with Crippen molar-refractivity contribution in [2.24, 2.45) is 5.73 Å². The highest BCUT2D eigenvalue weighted by Gasteiger charge is 2.19. The van der Waals surface area contributed by atoms with Crippen LogP contribution in [0.15, 0.2) is 42.6 Å². The van der Waals surface area contributed by atoms with Gasteiger partial charge in [-0.15, -0.1) is 0 Å². The molecule has 0 aliphatic heterocycles. The fraction of sp³-hybridized carbons (Fsp3) is 0.471. The summed E-state index contributed by atoms with van der Waals surface area (Å²) in [5.74, 6) is 0.389. The fourth-order valence-corrected chi connectivity index (χ4v) is 2.64. The zero-order valence-corrected chi connectivity index (χ0v) is 12.7. The fourth-order valence-electron chi connectivity index (χ4n) is 2.64. The van der Waals surface area contributed by atoms with E-state index in [-0.39, 0.29) is 6.04 Å². The third kappa shape index (κ3) is 3.48. The van der Waals surface area contributed by atoms with Gasteiger partial charge in [0.1, 0.15) is 0 Å². The van der Waals surface area contributed by atoms with Crippen LogP contribution in [0.4, 0.5) is 0 Å². The number of rotatable bonds is 6. The van der Waals surface area contributed by atoms with E-state index < -0.39 is 0 Å². The van der Waals surface area contributed by atoms with E-state index >= 15 is 0 Å². The molecule has 1 heterocycles. The molecule has 0 spiro atoms. The maximum Gasteiger partial charge on any atom is 0.0640 e. The van der Waals surface area contributed by atoms with Gasteiger partial charge in [-0.2, -0.15) is 5.10 Å². The van der Waals surface area contributed by atoms with E-state index in [4.69, 9.17) is 5.73 Å². The largest absolute Gasteiger partial charge is 0.327 e. The molecule has 0 saturated carbocycles. The Morgan fingerprint density at radius 1 is 1.15 bits per heavy atom. The Morgan fingerprint density at radius 2 is 1.85 bits per heavy atom. The summed E-state index contributed by atoms with van der Waals surface area (Å²) in [4.78, 5) is 0. The van der Waals surface area contributed by atoms with E-state index in [0.717, 1.165) is 18.5 Å². The maximum atomic E-state index is 6.43. The van der Waals surface area contributed by atoms with Crippen molar-refractivity contribution in [1.82, 2.24) is 9.78 Å². The van der Waals surface area contributed by atoms with Gasteiger partial charge in [-0.25, -0.2) is 0 Å². The van der Waals surface area contributed by atoms with Crippen LogP contribution in [0.1, 0.15) is 50.4 Å². The molecule has 0 fully saturated rings. The second-order valence-corrected chi connectivity index (χ2v) is 5.67. The van der Waals surface area contributed by atoms with Crippen LogP contribution in [-0.2, 0) is 6.42 Å². The molecular weight excluding hydrogens is 246 g/mol. The number of hydrogen-bond donors (Lipinski definition) is 1. The predicted molar refractivity (Wildman–Crippen MR) is 83.8 cm³/mol. The first-order chi connectivity index (χ1) is 9.61. The van der Waals surface area contributed by atoms with E-state index in [2.05, 4.69) is 56.2 Å². The van der Waals surface area contributed by atoms with E-state index in [1.54, 1.807) is 0 Å². The topological polar surface area (TPSA) is 43.8 Å². The summed E-state index contributed by atoms with van der Waals surface area (Å²) in [5.41, 5.74) is 8.84. The van der Waals surface area contributed by atoms with Crippen LogP contribution in [0.2, 0.25) is 0 Å². The summed E-state index contributed by atoms with van der Waals surface area (Å²) in [6.45, 7) is 6.47. The van der Waals surface area contributed by atoms with E-state index in [1.165, 1.54) is 5.56 Å². The van der Waals surface area contributed by atoms with Gasteiger partial charge in [0.2, 0.25) is 0 Å². The summed E-state index contributed by atoms with van der Waals surface area (Å²) >= 11 is 0. The lowest BCUT2D eigenvalue weighted by Crippen LogP contribution is -2.30. The Bertz CT molecular complexity index is 516. The van der Waals surface area contributed by atoms with E-state index in [9.17, 15) is 0 Å². The smallest absolute Gasteiger partial charge is 0.0640 e. The van der Waals surface area contributed by atoms with Crippen molar-refractivity contribution >= 4 is 0 Å². The van der Waals surface area contributed by atoms with Gasteiger partial charge in [0.25, 0.3) is 0 Å². The molecule has 2 atom stereocenters. The predicted octanol–water partition coefficient (Wildman–Crippen LogP) is 3.53. The van der Waals surface area contributed by atoms with Gasteiger partial charge >= 0.3 is 0 Å². The summed E-state index contributed by atoms with van der Waals surface area (Å²) in [7, 11) is 0. The zero-order chi connectivity index (χ0) is 14.5. The van der Waals surface area contributed by atoms with Crippen LogP contribution < -0.4 is 5.73 Å². The molecule has 2 aromatic rings. The maximum absolute atomic E-state index is 6.43. The number of hydrogen-bond acceptors (Lipinski definition) is 2. The number of benzene rings is 1.